The zero-order valence-corrected chi connectivity index (χ0v) is 9.35. The summed E-state index contributed by atoms with van der Waals surface area (Å²) in [6, 6.07) is 0. The van der Waals surface area contributed by atoms with E-state index in [-0.39, 0.29) is 0 Å². The average Bonchev–Trinajstić information content (AvgIpc) is 2.15. The summed E-state index contributed by atoms with van der Waals surface area (Å²) in [5.74, 6) is 1.21. The monoisotopic (exact) mass is 194 g/mol. The van der Waals surface area contributed by atoms with Crippen molar-refractivity contribution >= 4 is 5.78 Å². The molecule has 1 rings (SSSR count). The van der Waals surface area contributed by atoms with Crippen LogP contribution in [0.2, 0.25) is 0 Å². The second-order valence-electron chi connectivity index (χ2n) is 4.72. The molecule has 0 unspecified atom stereocenters. The maximum atomic E-state index is 11.4. The van der Waals surface area contributed by atoms with Crippen molar-refractivity contribution in [2.24, 2.45) is 5.92 Å². The minimum Gasteiger partial charge on any atom is -0.299 e. The predicted molar refractivity (Wildman–Crippen MR) is 60.2 cm³/mol. The molecule has 1 saturated carbocycles. The molecule has 0 amide bonds. The molecule has 0 aromatic carbocycles. The van der Waals surface area contributed by atoms with Crippen LogP contribution in [0.25, 0.3) is 0 Å². The summed E-state index contributed by atoms with van der Waals surface area (Å²) >= 11 is 0. The van der Waals surface area contributed by atoms with E-state index < -0.39 is 0 Å². The van der Waals surface area contributed by atoms with Gasteiger partial charge in [0.2, 0.25) is 0 Å². The van der Waals surface area contributed by atoms with Crippen molar-refractivity contribution in [1.82, 2.24) is 0 Å². The number of allylic oxidation sites excluding steroid dienone is 1. The third-order valence-electron chi connectivity index (χ3n) is 3.06. The van der Waals surface area contributed by atoms with Crippen molar-refractivity contribution in [3.05, 3.63) is 12.2 Å². The van der Waals surface area contributed by atoms with Gasteiger partial charge in [-0.3, -0.25) is 4.79 Å². The van der Waals surface area contributed by atoms with Gasteiger partial charge in [0.15, 0.2) is 0 Å². The number of hydrogen-bond acceptors (Lipinski definition) is 1. The van der Waals surface area contributed by atoms with E-state index in [9.17, 15) is 4.79 Å². The van der Waals surface area contributed by atoms with Crippen LogP contribution in [0.4, 0.5) is 0 Å². The summed E-state index contributed by atoms with van der Waals surface area (Å²) in [5, 5.41) is 0. The molecule has 0 saturated heterocycles. The van der Waals surface area contributed by atoms with Crippen LogP contribution in [0, 0.1) is 5.92 Å². The first kappa shape index (κ1) is 11.5. The van der Waals surface area contributed by atoms with E-state index in [1.165, 1.54) is 32.1 Å². The third kappa shape index (κ3) is 4.59. The van der Waals surface area contributed by atoms with E-state index in [4.69, 9.17) is 0 Å². The van der Waals surface area contributed by atoms with Crippen molar-refractivity contribution in [2.75, 3.05) is 0 Å². The first-order valence-electron chi connectivity index (χ1n) is 5.84. The minimum absolute atomic E-state index is 0.378. The SMILES string of the molecule is C=C(C)CC(=O)CCC1CCCCC1. The Labute approximate surface area is 87.6 Å². The number of carbonyl (C=O) groups is 1. The fourth-order valence-corrected chi connectivity index (χ4v) is 2.27. The molecule has 0 radical (unpaired) electrons. The topological polar surface area (TPSA) is 17.1 Å². The van der Waals surface area contributed by atoms with Crippen LogP contribution in [0.15, 0.2) is 12.2 Å². The van der Waals surface area contributed by atoms with E-state index in [0.29, 0.717) is 12.2 Å². The summed E-state index contributed by atoms with van der Waals surface area (Å²) in [6.45, 7) is 5.70. The molecule has 0 bridgehead atoms. The van der Waals surface area contributed by atoms with Gasteiger partial charge in [-0.2, -0.15) is 0 Å². The molecule has 0 heterocycles. The predicted octanol–water partition coefficient (Wildman–Crippen LogP) is 3.88. The van der Waals surface area contributed by atoms with Gasteiger partial charge in [0, 0.05) is 12.8 Å². The van der Waals surface area contributed by atoms with Crippen LogP contribution in [0.5, 0.6) is 0 Å². The van der Waals surface area contributed by atoms with Crippen LogP contribution >= 0.6 is 0 Å². The summed E-state index contributed by atoms with van der Waals surface area (Å²) < 4.78 is 0. The number of ketones is 1. The van der Waals surface area contributed by atoms with Gasteiger partial charge in [-0.25, -0.2) is 0 Å². The van der Waals surface area contributed by atoms with E-state index in [1.807, 2.05) is 6.92 Å². The van der Waals surface area contributed by atoms with E-state index in [1.54, 1.807) is 0 Å². The first-order valence-corrected chi connectivity index (χ1v) is 5.84. The Hall–Kier alpha value is -0.590. The van der Waals surface area contributed by atoms with Crippen molar-refractivity contribution in [3.63, 3.8) is 0 Å². The Morgan fingerprint density at radius 2 is 1.93 bits per heavy atom. The minimum atomic E-state index is 0.378. The Kier molecular flexibility index (Phi) is 4.92. The molecule has 0 N–H and O–H groups in total. The lowest BCUT2D eigenvalue weighted by molar-refractivity contribution is -0.118. The van der Waals surface area contributed by atoms with Crippen molar-refractivity contribution < 1.29 is 4.79 Å². The van der Waals surface area contributed by atoms with Crippen LogP contribution in [-0.4, -0.2) is 5.78 Å². The van der Waals surface area contributed by atoms with Gasteiger partial charge < -0.3 is 0 Å². The summed E-state index contributed by atoms with van der Waals surface area (Å²) in [4.78, 5) is 11.4. The summed E-state index contributed by atoms with van der Waals surface area (Å²) in [6.07, 6.45) is 9.33. The number of carbonyl (C=O) groups excluding carboxylic acids is 1. The zero-order chi connectivity index (χ0) is 10.4. The van der Waals surface area contributed by atoms with Crippen molar-refractivity contribution in [2.45, 2.75) is 58.3 Å². The maximum Gasteiger partial charge on any atom is 0.136 e. The third-order valence-corrected chi connectivity index (χ3v) is 3.06. The van der Waals surface area contributed by atoms with Gasteiger partial charge in [0.1, 0.15) is 5.78 Å². The summed E-state index contributed by atoms with van der Waals surface area (Å²) in [7, 11) is 0. The molecule has 0 spiro atoms. The maximum absolute atomic E-state index is 11.4. The second kappa shape index (κ2) is 6.00. The Bertz CT molecular complexity index is 199. The average molecular weight is 194 g/mol. The number of hydrogen-bond donors (Lipinski definition) is 0. The molecule has 1 aliphatic rings. The molecule has 1 fully saturated rings. The van der Waals surface area contributed by atoms with E-state index >= 15 is 0 Å². The lowest BCUT2D eigenvalue weighted by atomic mass is 9.85. The molecule has 0 atom stereocenters. The highest BCUT2D eigenvalue weighted by molar-refractivity contribution is 5.80. The van der Waals surface area contributed by atoms with Crippen molar-refractivity contribution in [3.8, 4) is 0 Å². The second-order valence-corrected chi connectivity index (χ2v) is 4.72. The van der Waals surface area contributed by atoms with E-state index in [0.717, 1.165) is 24.3 Å². The number of Topliss-reactive ketones (excluding diaryl/α,β-unsaturated/α-hetero) is 1. The standard InChI is InChI=1S/C13H22O/c1-11(2)10-13(14)9-8-12-6-4-3-5-7-12/h12H,1,3-10H2,2H3. The Morgan fingerprint density at radius 1 is 1.29 bits per heavy atom. The fraction of sp³-hybridized carbons (Fsp3) is 0.769. The van der Waals surface area contributed by atoms with Gasteiger partial charge >= 0.3 is 0 Å². The van der Waals surface area contributed by atoms with Crippen LogP contribution in [0.3, 0.4) is 0 Å². The molecule has 80 valence electrons. The lowest BCUT2D eigenvalue weighted by Crippen LogP contribution is -2.09. The fourth-order valence-electron chi connectivity index (χ4n) is 2.27. The highest BCUT2D eigenvalue weighted by atomic mass is 16.1. The zero-order valence-electron chi connectivity index (χ0n) is 9.35. The molecule has 0 aromatic rings. The normalized spacial score (nSPS) is 18.1. The smallest absolute Gasteiger partial charge is 0.136 e. The van der Waals surface area contributed by atoms with Gasteiger partial charge in [-0.15, -0.1) is 0 Å². The Balaban J connectivity index is 2.12. The quantitative estimate of drug-likeness (QED) is 0.607. The highest BCUT2D eigenvalue weighted by Gasteiger charge is 2.14. The summed E-state index contributed by atoms with van der Waals surface area (Å²) in [5.41, 5.74) is 0.999. The molecule has 0 aliphatic heterocycles. The molecular formula is C13H22O. The van der Waals surface area contributed by atoms with Crippen LogP contribution in [0.1, 0.15) is 58.3 Å². The lowest BCUT2D eigenvalue weighted by Gasteiger charge is -2.20. The van der Waals surface area contributed by atoms with E-state index in [2.05, 4.69) is 6.58 Å². The highest BCUT2D eigenvalue weighted by Crippen LogP contribution is 2.27. The molecule has 1 nitrogen and oxygen atoms in total. The van der Waals surface area contributed by atoms with Crippen LogP contribution in [-0.2, 0) is 4.79 Å². The van der Waals surface area contributed by atoms with Gasteiger partial charge in [-0.1, -0.05) is 44.3 Å². The molecule has 1 heteroatoms. The van der Waals surface area contributed by atoms with Crippen LogP contribution < -0.4 is 0 Å². The van der Waals surface area contributed by atoms with Crippen molar-refractivity contribution in [1.29, 1.82) is 0 Å². The van der Waals surface area contributed by atoms with Gasteiger partial charge in [0.25, 0.3) is 0 Å². The largest absolute Gasteiger partial charge is 0.299 e. The first-order chi connectivity index (χ1) is 6.68. The number of rotatable bonds is 5. The molecule has 0 aromatic heterocycles. The molecule has 1 aliphatic carbocycles. The molecule has 14 heavy (non-hydrogen) atoms. The van der Waals surface area contributed by atoms with Gasteiger partial charge in [-0.05, 0) is 19.3 Å². The van der Waals surface area contributed by atoms with Gasteiger partial charge in [0.05, 0.1) is 0 Å². The molecular weight excluding hydrogens is 172 g/mol. The Morgan fingerprint density at radius 3 is 2.50 bits per heavy atom.